The molecule has 122 valence electrons. The van der Waals surface area contributed by atoms with E-state index in [0.717, 1.165) is 25.7 Å². The average molecular weight is 302 g/mol. The molecule has 1 fully saturated rings. The van der Waals surface area contributed by atoms with Gasteiger partial charge in [-0.3, -0.25) is 0 Å². The van der Waals surface area contributed by atoms with Gasteiger partial charge in [-0.2, -0.15) is 0 Å². The van der Waals surface area contributed by atoms with E-state index in [1.807, 2.05) is 0 Å². The lowest BCUT2D eigenvalue weighted by Gasteiger charge is -2.24. The minimum Gasteiger partial charge on any atom is -0.247 e. The molecule has 1 aliphatic carbocycles. The summed E-state index contributed by atoms with van der Waals surface area (Å²) in [7, 11) is 0. The van der Waals surface area contributed by atoms with Gasteiger partial charge in [0.25, 0.3) is 0 Å². The van der Waals surface area contributed by atoms with Crippen molar-refractivity contribution in [3.05, 3.63) is 41.5 Å². The summed E-state index contributed by atoms with van der Waals surface area (Å²) in [6.45, 7) is 2.26. The summed E-state index contributed by atoms with van der Waals surface area (Å²) in [5.74, 6) is 0.573. The quantitative estimate of drug-likeness (QED) is 0.451. The zero-order valence-electron chi connectivity index (χ0n) is 14.1. The number of alkyl halides is 1. The third kappa shape index (κ3) is 5.94. The molecule has 0 unspecified atom stereocenters. The van der Waals surface area contributed by atoms with Crippen LogP contribution in [0.1, 0.15) is 88.2 Å². The van der Waals surface area contributed by atoms with Crippen LogP contribution < -0.4 is 0 Å². The molecule has 0 heterocycles. The highest BCUT2D eigenvalue weighted by Crippen LogP contribution is 2.34. The van der Waals surface area contributed by atoms with Crippen molar-refractivity contribution in [1.82, 2.24) is 0 Å². The smallest absolute Gasteiger partial charge is 0.100 e. The fourth-order valence-electron chi connectivity index (χ4n) is 3.35. The van der Waals surface area contributed by atoms with Crippen molar-refractivity contribution in [2.24, 2.45) is 0 Å². The second-order valence-corrected chi connectivity index (χ2v) is 6.72. The van der Waals surface area contributed by atoms with Crippen LogP contribution in [0.15, 0.2) is 30.3 Å². The van der Waals surface area contributed by atoms with Gasteiger partial charge in [0.2, 0.25) is 0 Å². The molecule has 0 amide bonds. The van der Waals surface area contributed by atoms with E-state index in [9.17, 15) is 4.39 Å². The van der Waals surface area contributed by atoms with Gasteiger partial charge in [0.05, 0.1) is 0 Å². The Morgan fingerprint density at radius 2 is 1.64 bits per heavy atom. The molecule has 1 aromatic rings. The molecule has 1 aliphatic rings. The second-order valence-electron chi connectivity index (χ2n) is 6.72. The van der Waals surface area contributed by atoms with Gasteiger partial charge in [0.15, 0.2) is 0 Å². The monoisotopic (exact) mass is 302 g/mol. The SMILES string of the molecule is CCCCCCCC=Cc1ccc(C2CCC(F)CC2)cc1. The van der Waals surface area contributed by atoms with Crippen molar-refractivity contribution in [3.63, 3.8) is 0 Å². The number of hydrogen-bond acceptors (Lipinski definition) is 0. The van der Waals surface area contributed by atoms with Crippen molar-refractivity contribution < 1.29 is 4.39 Å². The van der Waals surface area contributed by atoms with Gasteiger partial charge < -0.3 is 0 Å². The topological polar surface area (TPSA) is 0 Å². The Morgan fingerprint density at radius 1 is 0.955 bits per heavy atom. The van der Waals surface area contributed by atoms with Gasteiger partial charge in [0.1, 0.15) is 6.17 Å². The number of unbranched alkanes of at least 4 members (excludes halogenated alkanes) is 5. The van der Waals surface area contributed by atoms with Gasteiger partial charge >= 0.3 is 0 Å². The van der Waals surface area contributed by atoms with Crippen molar-refractivity contribution in [1.29, 1.82) is 0 Å². The summed E-state index contributed by atoms with van der Waals surface area (Å²) < 4.78 is 13.2. The van der Waals surface area contributed by atoms with Gasteiger partial charge in [-0.25, -0.2) is 4.39 Å². The van der Waals surface area contributed by atoms with E-state index in [0.29, 0.717) is 5.92 Å². The van der Waals surface area contributed by atoms with E-state index in [4.69, 9.17) is 0 Å². The fourth-order valence-corrected chi connectivity index (χ4v) is 3.35. The summed E-state index contributed by atoms with van der Waals surface area (Å²) >= 11 is 0. The lowest BCUT2D eigenvalue weighted by molar-refractivity contribution is 0.235. The predicted molar refractivity (Wildman–Crippen MR) is 95.0 cm³/mol. The number of allylic oxidation sites excluding steroid dienone is 1. The van der Waals surface area contributed by atoms with Crippen LogP contribution in [0, 0.1) is 0 Å². The van der Waals surface area contributed by atoms with Crippen LogP contribution in [0.4, 0.5) is 4.39 Å². The minimum absolute atomic E-state index is 0.559. The van der Waals surface area contributed by atoms with Crippen molar-refractivity contribution in [2.45, 2.75) is 83.2 Å². The number of halogens is 1. The summed E-state index contributed by atoms with van der Waals surface area (Å²) in [5.41, 5.74) is 2.68. The number of hydrogen-bond donors (Lipinski definition) is 0. The van der Waals surface area contributed by atoms with Crippen LogP contribution in [-0.2, 0) is 0 Å². The Hall–Kier alpha value is -1.11. The minimum atomic E-state index is -0.559. The van der Waals surface area contributed by atoms with Crippen LogP contribution in [0.25, 0.3) is 6.08 Å². The first-order valence-corrected chi connectivity index (χ1v) is 9.20. The van der Waals surface area contributed by atoms with Gasteiger partial charge in [-0.05, 0) is 55.6 Å². The van der Waals surface area contributed by atoms with Crippen LogP contribution in [-0.4, -0.2) is 6.17 Å². The van der Waals surface area contributed by atoms with Gasteiger partial charge in [-0.15, -0.1) is 0 Å². The number of benzene rings is 1. The molecular weight excluding hydrogens is 271 g/mol. The van der Waals surface area contributed by atoms with Crippen LogP contribution in [0.3, 0.4) is 0 Å². The molecule has 1 saturated carbocycles. The molecule has 0 aromatic heterocycles. The summed E-state index contributed by atoms with van der Waals surface area (Å²) in [6.07, 6.45) is 15.4. The molecule has 0 spiro atoms. The van der Waals surface area contributed by atoms with E-state index in [1.54, 1.807) is 0 Å². The normalized spacial score (nSPS) is 22.3. The molecule has 0 N–H and O–H groups in total. The zero-order valence-corrected chi connectivity index (χ0v) is 14.1. The standard InChI is InChI=1S/C21H31F/c1-2-3-4-5-6-7-8-9-18-10-12-19(13-11-18)20-14-16-21(22)17-15-20/h8-13,20-21H,2-7,14-17H2,1H3. The van der Waals surface area contributed by atoms with Crippen LogP contribution in [0.5, 0.6) is 0 Å². The summed E-state index contributed by atoms with van der Waals surface area (Å²) in [5, 5.41) is 0. The fraction of sp³-hybridized carbons (Fsp3) is 0.619. The van der Waals surface area contributed by atoms with Gasteiger partial charge in [-0.1, -0.05) is 69.0 Å². The first-order valence-electron chi connectivity index (χ1n) is 9.20. The molecular formula is C21H31F. The molecule has 22 heavy (non-hydrogen) atoms. The highest BCUT2D eigenvalue weighted by molar-refractivity contribution is 5.49. The third-order valence-electron chi connectivity index (χ3n) is 4.85. The van der Waals surface area contributed by atoms with Gasteiger partial charge in [0, 0.05) is 0 Å². The molecule has 2 rings (SSSR count). The van der Waals surface area contributed by atoms with Crippen molar-refractivity contribution in [2.75, 3.05) is 0 Å². The van der Waals surface area contributed by atoms with Crippen molar-refractivity contribution in [3.8, 4) is 0 Å². The Bertz CT molecular complexity index is 424. The van der Waals surface area contributed by atoms with E-state index >= 15 is 0 Å². The maximum atomic E-state index is 13.2. The largest absolute Gasteiger partial charge is 0.247 e. The third-order valence-corrected chi connectivity index (χ3v) is 4.85. The lowest BCUT2D eigenvalue weighted by Crippen LogP contribution is -2.13. The molecule has 0 bridgehead atoms. The first-order chi connectivity index (χ1) is 10.8. The lowest BCUT2D eigenvalue weighted by atomic mass is 9.83. The molecule has 0 radical (unpaired) electrons. The number of rotatable bonds is 8. The van der Waals surface area contributed by atoms with E-state index < -0.39 is 6.17 Å². The van der Waals surface area contributed by atoms with E-state index in [2.05, 4.69) is 43.3 Å². The van der Waals surface area contributed by atoms with Crippen molar-refractivity contribution >= 4 is 6.08 Å². The highest BCUT2D eigenvalue weighted by Gasteiger charge is 2.21. The Labute approximate surface area is 135 Å². The molecule has 0 saturated heterocycles. The van der Waals surface area contributed by atoms with Crippen LogP contribution >= 0.6 is 0 Å². The maximum absolute atomic E-state index is 13.2. The Balaban J connectivity index is 1.72. The highest BCUT2D eigenvalue weighted by atomic mass is 19.1. The molecule has 0 nitrogen and oxygen atoms in total. The Morgan fingerprint density at radius 3 is 2.32 bits per heavy atom. The zero-order chi connectivity index (χ0) is 15.6. The maximum Gasteiger partial charge on any atom is 0.100 e. The van der Waals surface area contributed by atoms with E-state index in [-0.39, 0.29) is 0 Å². The van der Waals surface area contributed by atoms with E-state index in [1.165, 1.54) is 49.7 Å². The molecule has 0 aliphatic heterocycles. The first kappa shape index (κ1) is 17.2. The second kappa shape index (κ2) is 9.82. The summed E-state index contributed by atoms with van der Waals surface area (Å²) in [6, 6.07) is 8.91. The summed E-state index contributed by atoms with van der Waals surface area (Å²) in [4.78, 5) is 0. The molecule has 1 aromatic carbocycles. The molecule has 1 heteroatoms. The molecule has 0 atom stereocenters. The Kier molecular flexibility index (Phi) is 7.70. The average Bonchev–Trinajstić information content (AvgIpc) is 2.55. The van der Waals surface area contributed by atoms with Crippen LogP contribution in [0.2, 0.25) is 0 Å². The predicted octanol–water partition coefficient (Wildman–Crippen LogP) is 7.06.